The Morgan fingerprint density at radius 3 is 2.57 bits per heavy atom. The van der Waals surface area contributed by atoms with E-state index in [1.807, 2.05) is 19.9 Å². The number of halogens is 3. The number of anilines is 1. The van der Waals surface area contributed by atoms with E-state index in [4.69, 9.17) is 11.6 Å². The van der Waals surface area contributed by atoms with Crippen molar-refractivity contribution in [2.75, 3.05) is 11.4 Å². The van der Waals surface area contributed by atoms with E-state index in [-0.39, 0.29) is 17.4 Å². The Labute approximate surface area is 176 Å². The summed E-state index contributed by atoms with van der Waals surface area (Å²) in [6, 6.07) is 11.2. The van der Waals surface area contributed by atoms with Gasteiger partial charge in [-0.25, -0.2) is 4.68 Å². The van der Waals surface area contributed by atoms with E-state index in [9.17, 15) is 13.6 Å². The van der Waals surface area contributed by atoms with Crippen molar-refractivity contribution in [3.8, 4) is 17.2 Å². The number of aryl methyl sites for hydroxylation is 1. The molecule has 2 heterocycles. The van der Waals surface area contributed by atoms with Gasteiger partial charge >= 0.3 is 6.29 Å². The van der Waals surface area contributed by atoms with Crippen molar-refractivity contribution < 1.29 is 23.0 Å². The molecule has 3 aromatic rings. The van der Waals surface area contributed by atoms with E-state index in [0.717, 1.165) is 5.69 Å². The number of carbonyl (C=O) groups is 1. The van der Waals surface area contributed by atoms with Crippen LogP contribution in [-0.2, 0) is 0 Å². The maximum atomic E-state index is 13.3. The molecule has 6 nitrogen and oxygen atoms in total. The van der Waals surface area contributed by atoms with Crippen LogP contribution in [0.5, 0.6) is 11.5 Å². The van der Waals surface area contributed by atoms with Crippen molar-refractivity contribution in [3.05, 3.63) is 64.4 Å². The van der Waals surface area contributed by atoms with Crippen LogP contribution >= 0.6 is 11.6 Å². The van der Waals surface area contributed by atoms with E-state index in [0.29, 0.717) is 34.2 Å². The molecule has 1 amide bonds. The minimum absolute atomic E-state index is 0.0735. The number of nitrogens with zero attached hydrogens (tertiary/aromatic N) is 3. The topological polar surface area (TPSA) is 56.6 Å². The summed E-state index contributed by atoms with van der Waals surface area (Å²) in [5.41, 5.74) is 2.99. The molecule has 0 spiro atoms. The van der Waals surface area contributed by atoms with Crippen molar-refractivity contribution in [3.63, 3.8) is 0 Å². The maximum absolute atomic E-state index is 13.3. The number of ether oxygens (including phenoxy) is 2. The summed E-state index contributed by atoms with van der Waals surface area (Å²) < 4.78 is 37.2. The SMILES string of the molecule is CCN(C(=O)c1cccc(-n2nc(C)c(Cl)c2C)c1)c1ccc2c(c1)OC(F)(F)O2. The summed E-state index contributed by atoms with van der Waals surface area (Å²) in [6.45, 7) is 5.77. The second-order valence-electron chi connectivity index (χ2n) is 6.79. The number of benzene rings is 2. The molecule has 4 rings (SSSR count). The maximum Gasteiger partial charge on any atom is 0.586 e. The molecule has 0 aliphatic carbocycles. The summed E-state index contributed by atoms with van der Waals surface area (Å²) in [5.74, 6) is -0.483. The van der Waals surface area contributed by atoms with Gasteiger partial charge in [-0.2, -0.15) is 5.10 Å². The second kappa shape index (κ2) is 7.28. The van der Waals surface area contributed by atoms with E-state index in [2.05, 4.69) is 14.6 Å². The van der Waals surface area contributed by atoms with Gasteiger partial charge in [0, 0.05) is 23.9 Å². The van der Waals surface area contributed by atoms with Crippen molar-refractivity contribution >= 4 is 23.2 Å². The van der Waals surface area contributed by atoms with Gasteiger partial charge in [0.1, 0.15) is 0 Å². The molecule has 1 aromatic heterocycles. The average molecular weight is 434 g/mol. The molecule has 0 saturated carbocycles. The Morgan fingerprint density at radius 2 is 1.90 bits per heavy atom. The summed E-state index contributed by atoms with van der Waals surface area (Å²) in [6.07, 6.45) is -3.71. The van der Waals surface area contributed by atoms with E-state index < -0.39 is 6.29 Å². The zero-order valence-corrected chi connectivity index (χ0v) is 17.2. The summed E-state index contributed by atoms with van der Waals surface area (Å²) >= 11 is 6.24. The van der Waals surface area contributed by atoms with Gasteiger partial charge < -0.3 is 14.4 Å². The zero-order valence-electron chi connectivity index (χ0n) is 16.4. The molecule has 0 unspecified atom stereocenters. The van der Waals surface area contributed by atoms with E-state index in [1.165, 1.54) is 23.1 Å². The fraction of sp³-hybridized carbons (Fsp3) is 0.238. The lowest BCUT2D eigenvalue weighted by Gasteiger charge is -2.21. The first-order valence-electron chi connectivity index (χ1n) is 9.24. The Hall–Kier alpha value is -3.13. The number of fused-ring (bicyclic) bond motifs is 1. The standard InChI is InChI=1S/C21H18ClF2N3O3/c1-4-26(15-8-9-17-18(11-15)30-21(23,24)29-17)20(28)14-6-5-7-16(10-14)27-13(3)19(22)12(2)25-27/h5-11H,4H2,1-3H3. The molecule has 0 fully saturated rings. The van der Waals surface area contributed by atoms with Crippen LogP contribution in [0.2, 0.25) is 5.02 Å². The lowest BCUT2D eigenvalue weighted by atomic mass is 10.1. The monoisotopic (exact) mass is 433 g/mol. The highest BCUT2D eigenvalue weighted by molar-refractivity contribution is 6.31. The van der Waals surface area contributed by atoms with Crippen LogP contribution in [0.1, 0.15) is 28.7 Å². The van der Waals surface area contributed by atoms with Crippen LogP contribution in [-0.4, -0.2) is 28.5 Å². The van der Waals surface area contributed by atoms with Crippen LogP contribution in [0.15, 0.2) is 42.5 Å². The van der Waals surface area contributed by atoms with Crippen LogP contribution in [0, 0.1) is 13.8 Å². The summed E-state index contributed by atoms with van der Waals surface area (Å²) in [7, 11) is 0. The average Bonchev–Trinajstić information content (AvgIpc) is 3.17. The van der Waals surface area contributed by atoms with Gasteiger partial charge in [-0.15, -0.1) is 8.78 Å². The highest BCUT2D eigenvalue weighted by Gasteiger charge is 2.43. The minimum Gasteiger partial charge on any atom is -0.395 e. The Kier molecular flexibility index (Phi) is 4.89. The molecule has 0 saturated heterocycles. The van der Waals surface area contributed by atoms with Crippen LogP contribution in [0.4, 0.5) is 14.5 Å². The fourth-order valence-corrected chi connectivity index (χ4v) is 3.47. The number of amides is 1. The number of carbonyl (C=O) groups excluding carboxylic acids is 1. The predicted molar refractivity (Wildman–Crippen MR) is 108 cm³/mol. The first-order chi connectivity index (χ1) is 14.2. The number of aromatic nitrogens is 2. The van der Waals surface area contributed by atoms with E-state index in [1.54, 1.807) is 29.8 Å². The lowest BCUT2D eigenvalue weighted by molar-refractivity contribution is -0.286. The first kappa shape index (κ1) is 20.2. The summed E-state index contributed by atoms with van der Waals surface area (Å²) in [4.78, 5) is 14.7. The molecule has 156 valence electrons. The molecule has 0 radical (unpaired) electrons. The third-order valence-corrected chi connectivity index (χ3v) is 5.35. The lowest BCUT2D eigenvalue weighted by Crippen LogP contribution is -2.30. The molecule has 30 heavy (non-hydrogen) atoms. The quantitative estimate of drug-likeness (QED) is 0.572. The predicted octanol–water partition coefficient (Wildman–Crippen LogP) is 5.13. The highest BCUT2D eigenvalue weighted by Crippen LogP contribution is 2.43. The Bertz CT molecular complexity index is 1150. The second-order valence-corrected chi connectivity index (χ2v) is 7.17. The zero-order chi connectivity index (χ0) is 21.6. The van der Waals surface area contributed by atoms with Crippen molar-refractivity contribution in [2.24, 2.45) is 0 Å². The molecular formula is C21H18ClF2N3O3. The Morgan fingerprint density at radius 1 is 1.17 bits per heavy atom. The molecule has 0 N–H and O–H groups in total. The van der Waals surface area contributed by atoms with Gasteiger partial charge in [0.25, 0.3) is 5.91 Å². The van der Waals surface area contributed by atoms with Crippen LogP contribution in [0.3, 0.4) is 0 Å². The van der Waals surface area contributed by atoms with Crippen molar-refractivity contribution in [1.29, 1.82) is 0 Å². The molecule has 1 aliphatic rings. The largest absolute Gasteiger partial charge is 0.586 e. The van der Waals surface area contributed by atoms with Crippen LogP contribution < -0.4 is 14.4 Å². The van der Waals surface area contributed by atoms with Gasteiger partial charge in [-0.1, -0.05) is 17.7 Å². The fourth-order valence-electron chi connectivity index (χ4n) is 3.35. The van der Waals surface area contributed by atoms with Gasteiger partial charge in [-0.05, 0) is 51.1 Å². The first-order valence-corrected chi connectivity index (χ1v) is 9.62. The smallest absolute Gasteiger partial charge is 0.395 e. The van der Waals surface area contributed by atoms with Crippen molar-refractivity contribution in [2.45, 2.75) is 27.1 Å². The number of hydrogen-bond acceptors (Lipinski definition) is 4. The molecular weight excluding hydrogens is 416 g/mol. The molecule has 0 bridgehead atoms. The van der Waals surface area contributed by atoms with Gasteiger partial charge in [-0.3, -0.25) is 4.79 Å². The van der Waals surface area contributed by atoms with E-state index >= 15 is 0 Å². The van der Waals surface area contributed by atoms with Crippen LogP contribution in [0.25, 0.3) is 5.69 Å². The molecule has 0 atom stereocenters. The normalized spacial score (nSPS) is 14.1. The van der Waals surface area contributed by atoms with Gasteiger partial charge in [0.05, 0.1) is 22.1 Å². The highest BCUT2D eigenvalue weighted by atomic mass is 35.5. The van der Waals surface area contributed by atoms with Gasteiger partial charge in [0.15, 0.2) is 11.5 Å². The number of rotatable bonds is 4. The molecule has 1 aliphatic heterocycles. The summed E-state index contributed by atoms with van der Waals surface area (Å²) in [5, 5.41) is 4.98. The third-order valence-electron chi connectivity index (χ3n) is 4.80. The third kappa shape index (κ3) is 3.47. The minimum atomic E-state index is -3.71. The molecule has 9 heteroatoms. The Balaban J connectivity index is 1.66. The number of hydrogen-bond donors (Lipinski definition) is 0. The van der Waals surface area contributed by atoms with Crippen molar-refractivity contribution in [1.82, 2.24) is 9.78 Å². The molecule has 2 aromatic carbocycles. The number of alkyl halides is 2. The van der Waals surface area contributed by atoms with Gasteiger partial charge in [0.2, 0.25) is 0 Å².